The molecule has 2 heterocycles. The molecule has 0 fully saturated rings. The number of fused-ring (bicyclic) bond motifs is 7. The number of nitrogens with zero attached hydrogens (tertiary/aromatic N) is 2. The van der Waals surface area contributed by atoms with Gasteiger partial charge >= 0.3 is 0 Å². The van der Waals surface area contributed by atoms with Gasteiger partial charge in [-0.1, -0.05) is 127 Å². The fraction of sp³-hybridized carbons (Fsp3) is 0. The first kappa shape index (κ1) is 24.7. The van der Waals surface area contributed by atoms with E-state index in [-0.39, 0.29) is 0 Å². The monoisotopic (exact) mass is 554 g/mol. The van der Waals surface area contributed by atoms with Gasteiger partial charge in [0, 0.05) is 21.0 Å². The molecule has 1 aliphatic heterocycles. The van der Waals surface area contributed by atoms with Gasteiger partial charge in [-0.25, -0.2) is 4.98 Å². The number of imidazole rings is 1. The van der Waals surface area contributed by atoms with Crippen molar-refractivity contribution in [3.05, 3.63) is 157 Å². The summed E-state index contributed by atoms with van der Waals surface area (Å²) >= 11 is 1.83. The van der Waals surface area contributed by atoms with Crippen molar-refractivity contribution in [2.24, 2.45) is 0 Å². The van der Waals surface area contributed by atoms with Gasteiger partial charge < -0.3 is 0 Å². The molecule has 0 saturated heterocycles. The summed E-state index contributed by atoms with van der Waals surface area (Å²) in [6.45, 7) is 0. The molecule has 0 bridgehead atoms. The number of benzene rings is 6. The van der Waals surface area contributed by atoms with Crippen LogP contribution < -0.4 is 0 Å². The molecule has 3 heteroatoms. The summed E-state index contributed by atoms with van der Waals surface area (Å²) in [5.74, 6) is 0.935. The van der Waals surface area contributed by atoms with Crippen molar-refractivity contribution in [1.82, 2.24) is 9.55 Å². The molecule has 7 aromatic rings. The lowest BCUT2D eigenvalue weighted by Crippen LogP contribution is -1.98. The second kappa shape index (κ2) is 10.4. The molecule has 0 spiro atoms. The highest BCUT2D eigenvalue weighted by Crippen LogP contribution is 2.44. The Morgan fingerprint density at radius 3 is 1.86 bits per heavy atom. The molecule has 2 nitrogen and oxygen atoms in total. The van der Waals surface area contributed by atoms with Gasteiger partial charge in [-0.05, 0) is 75.8 Å². The Balaban J connectivity index is 1.38. The van der Waals surface area contributed by atoms with Crippen molar-refractivity contribution in [3.8, 4) is 39.3 Å². The van der Waals surface area contributed by atoms with E-state index in [1.54, 1.807) is 0 Å². The summed E-state index contributed by atoms with van der Waals surface area (Å²) in [5, 5.41) is 0. The highest BCUT2D eigenvalue weighted by molar-refractivity contribution is 7.99. The normalized spacial score (nSPS) is 12.1. The number of hydrogen-bond donors (Lipinski definition) is 0. The molecule has 0 saturated carbocycles. The lowest BCUT2D eigenvalue weighted by atomic mass is 9.95. The Bertz CT molecular complexity index is 2120. The van der Waals surface area contributed by atoms with Crippen LogP contribution in [0.2, 0.25) is 0 Å². The van der Waals surface area contributed by atoms with Crippen LogP contribution >= 0.6 is 11.8 Å². The van der Waals surface area contributed by atoms with Gasteiger partial charge in [0.15, 0.2) is 0 Å². The third-order valence-corrected chi connectivity index (χ3v) is 9.02. The Labute approximate surface area is 249 Å². The number of para-hydroxylation sites is 3. The van der Waals surface area contributed by atoms with Crippen molar-refractivity contribution in [3.63, 3.8) is 0 Å². The Morgan fingerprint density at radius 2 is 1.07 bits per heavy atom. The third-order valence-electron chi connectivity index (χ3n) is 7.86. The van der Waals surface area contributed by atoms with Crippen LogP contribution in [0.5, 0.6) is 0 Å². The van der Waals surface area contributed by atoms with Crippen LogP contribution in [0, 0.1) is 0 Å². The Morgan fingerprint density at radius 1 is 0.476 bits per heavy atom. The van der Waals surface area contributed by atoms with Crippen LogP contribution in [0.1, 0.15) is 11.1 Å². The zero-order valence-electron chi connectivity index (χ0n) is 22.8. The van der Waals surface area contributed by atoms with Crippen LogP contribution in [-0.4, -0.2) is 9.55 Å². The largest absolute Gasteiger partial charge is 0.292 e. The zero-order chi connectivity index (χ0) is 27.9. The van der Waals surface area contributed by atoms with Crippen molar-refractivity contribution in [2.75, 3.05) is 0 Å². The van der Waals surface area contributed by atoms with Gasteiger partial charge in [0.05, 0.1) is 11.0 Å². The zero-order valence-corrected chi connectivity index (χ0v) is 23.6. The Kier molecular flexibility index (Phi) is 6.09. The van der Waals surface area contributed by atoms with Gasteiger partial charge in [-0.15, -0.1) is 0 Å². The van der Waals surface area contributed by atoms with Crippen LogP contribution in [-0.2, 0) is 0 Å². The summed E-state index contributed by atoms with van der Waals surface area (Å²) in [6, 6.07) is 51.8. The van der Waals surface area contributed by atoms with E-state index >= 15 is 0 Å². The molecular formula is C39H26N2S. The molecule has 0 amide bonds. The average molecular weight is 555 g/mol. The van der Waals surface area contributed by atoms with Gasteiger partial charge in [0.2, 0.25) is 0 Å². The molecule has 198 valence electrons. The molecule has 0 N–H and O–H groups in total. The highest BCUT2D eigenvalue weighted by atomic mass is 32.2. The molecule has 42 heavy (non-hydrogen) atoms. The van der Waals surface area contributed by atoms with E-state index in [9.17, 15) is 0 Å². The van der Waals surface area contributed by atoms with Crippen LogP contribution in [0.15, 0.2) is 155 Å². The second-order valence-corrected chi connectivity index (χ2v) is 11.5. The van der Waals surface area contributed by atoms with E-state index in [1.165, 1.54) is 43.2 Å². The lowest BCUT2D eigenvalue weighted by molar-refractivity contribution is 1.10. The number of aromatic nitrogens is 2. The van der Waals surface area contributed by atoms with E-state index in [0.717, 1.165) is 28.1 Å². The molecule has 1 aliphatic rings. The maximum atomic E-state index is 5.15. The third kappa shape index (κ3) is 4.27. The highest BCUT2D eigenvalue weighted by Gasteiger charge is 2.19. The van der Waals surface area contributed by atoms with Gasteiger partial charge in [-0.3, -0.25) is 4.57 Å². The maximum absolute atomic E-state index is 5.15. The topological polar surface area (TPSA) is 17.8 Å². The minimum Gasteiger partial charge on any atom is -0.292 e. The molecule has 0 radical (unpaired) electrons. The van der Waals surface area contributed by atoms with Gasteiger partial charge in [0.1, 0.15) is 5.82 Å². The summed E-state index contributed by atoms with van der Waals surface area (Å²) in [4.78, 5) is 7.63. The fourth-order valence-corrected chi connectivity index (χ4v) is 6.98. The molecule has 0 aliphatic carbocycles. The molecule has 6 aromatic carbocycles. The smallest absolute Gasteiger partial charge is 0.145 e. The summed E-state index contributed by atoms with van der Waals surface area (Å²) in [5.41, 5.74) is 11.5. The predicted molar refractivity (Wildman–Crippen MR) is 177 cm³/mol. The average Bonchev–Trinajstić information content (AvgIpc) is 3.44. The molecule has 1 aromatic heterocycles. The van der Waals surface area contributed by atoms with Crippen molar-refractivity contribution >= 4 is 34.9 Å². The summed E-state index contributed by atoms with van der Waals surface area (Å²) in [7, 11) is 0. The minimum absolute atomic E-state index is 0.935. The van der Waals surface area contributed by atoms with E-state index in [4.69, 9.17) is 4.98 Å². The van der Waals surface area contributed by atoms with Crippen molar-refractivity contribution < 1.29 is 0 Å². The first-order valence-electron chi connectivity index (χ1n) is 14.1. The SMILES string of the molecule is C1=Cc2ccc(-c3nc4ccccc4n3-c3ccccc3)cc2-c2ccccc2Sc2ccccc2-c2ccccc21. The molecular weight excluding hydrogens is 529 g/mol. The van der Waals surface area contributed by atoms with E-state index in [0.29, 0.717) is 0 Å². The van der Waals surface area contributed by atoms with E-state index in [1.807, 2.05) is 11.8 Å². The summed E-state index contributed by atoms with van der Waals surface area (Å²) < 4.78 is 2.27. The second-order valence-electron chi connectivity index (χ2n) is 10.4. The Hall–Kier alpha value is -5.12. The molecule has 0 atom stereocenters. The minimum atomic E-state index is 0.935. The first-order chi connectivity index (χ1) is 20.8. The standard InChI is InChI=1S/C39H26N2S/c1-2-13-30(14-3-1)41-36-19-9-8-18-35(36)40-39(41)29-25-24-28-23-22-27-12-4-5-15-31(27)32-16-6-10-20-37(32)42-38-21-11-7-17-33(38)34(28)26-29/h1-26H. The van der Waals surface area contributed by atoms with Gasteiger partial charge in [-0.2, -0.15) is 0 Å². The van der Waals surface area contributed by atoms with Crippen LogP contribution in [0.4, 0.5) is 0 Å². The molecule has 0 unspecified atom stereocenters. The van der Waals surface area contributed by atoms with E-state index in [2.05, 4.69) is 162 Å². The van der Waals surface area contributed by atoms with Crippen LogP contribution in [0.25, 0.3) is 62.5 Å². The quantitative estimate of drug-likeness (QED) is 0.211. The lowest BCUT2D eigenvalue weighted by Gasteiger charge is -2.16. The van der Waals surface area contributed by atoms with Gasteiger partial charge in [0.25, 0.3) is 0 Å². The number of hydrogen-bond acceptors (Lipinski definition) is 2. The first-order valence-corrected chi connectivity index (χ1v) is 15.0. The summed E-state index contributed by atoms with van der Waals surface area (Å²) in [6.07, 6.45) is 4.51. The van der Waals surface area contributed by atoms with Crippen molar-refractivity contribution in [2.45, 2.75) is 9.79 Å². The predicted octanol–water partition coefficient (Wildman–Crippen LogP) is 10.7. The maximum Gasteiger partial charge on any atom is 0.145 e. The fourth-order valence-electron chi connectivity index (χ4n) is 5.87. The molecule has 8 rings (SSSR count). The number of rotatable bonds is 2. The van der Waals surface area contributed by atoms with Crippen LogP contribution in [0.3, 0.4) is 0 Å². The van der Waals surface area contributed by atoms with E-state index < -0.39 is 0 Å². The van der Waals surface area contributed by atoms with Crippen molar-refractivity contribution in [1.29, 1.82) is 0 Å².